The number of nitrogens with one attached hydrogen (secondary N) is 1. The maximum Gasteiger partial charge on any atom is 0.0407 e. The Bertz CT molecular complexity index is 363. The van der Waals surface area contributed by atoms with E-state index in [1.54, 1.807) is 0 Å². The van der Waals surface area contributed by atoms with Crippen LogP contribution in [0.3, 0.4) is 0 Å². The topological polar surface area (TPSA) is 15.3 Å². The molecular weight excluding hydrogens is 220 g/mol. The Morgan fingerprint density at radius 3 is 2.69 bits per heavy atom. The fourth-order valence-electron chi connectivity index (χ4n) is 2.90. The van der Waals surface area contributed by atoms with Gasteiger partial charge in [-0.1, -0.05) is 11.6 Å². The van der Waals surface area contributed by atoms with Crippen molar-refractivity contribution in [3.05, 3.63) is 29.3 Å². The van der Waals surface area contributed by atoms with Gasteiger partial charge < -0.3 is 10.2 Å². The molecule has 3 heteroatoms. The zero-order valence-electron chi connectivity index (χ0n) is 9.32. The monoisotopic (exact) mass is 236 g/mol. The van der Waals surface area contributed by atoms with E-state index >= 15 is 0 Å². The highest BCUT2D eigenvalue weighted by atomic mass is 35.5. The second-order valence-electron chi connectivity index (χ2n) is 4.90. The summed E-state index contributed by atoms with van der Waals surface area (Å²) in [6.07, 6.45) is 2.62. The third kappa shape index (κ3) is 2.04. The largest absolute Gasteiger partial charge is 0.382 e. The Morgan fingerprint density at radius 2 is 1.88 bits per heavy atom. The van der Waals surface area contributed by atoms with Crippen molar-refractivity contribution in [2.24, 2.45) is 5.92 Å². The summed E-state index contributed by atoms with van der Waals surface area (Å²) in [5.74, 6) is 0.837. The lowest BCUT2D eigenvalue weighted by Gasteiger charge is -2.31. The van der Waals surface area contributed by atoms with Crippen molar-refractivity contribution >= 4 is 17.3 Å². The first-order valence-corrected chi connectivity index (χ1v) is 6.43. The van der Waals surface area contributed by atoms with E-state index in [4.69, 9.17) is 11.6 Å². The SMILES string of the molecule is Clc1ccc(NC2CCN3CCC2C3)cc1. The molecule has 1 aromatic carbocycles. The van der Waals surface area contributed by atoms with Crippen LogP contribution < -0.4 is 5.32 Å². The molecule has 86 valence electrons. The molecule has 3 rings (SSSR count). The minimum atomic E-state index is 0.653. The number of hydrogen-bond acceptors (Lipinski definition) is 2. The molecule has 3 atom stereocenters. The minimum Gasteiger partial charge on any atom is -0.382 e. The zero-order chi connectivity index (χ0) is 11.0. The first-order valence-electron chi connectivity index (χ1n) is 6.06. The highest BCUT2D eigenvalue weighted by molar-refractivity contribution is 6.30. The van der Waals surface area contributed by atoms with E-state index in [2.05, 4.69) is 22.3 Å². The lowest BCUT2D eigenvalue weighted by atomic mass is 9.94. The minimum absolute atomic E-state index is 0.653. The molecule has 0 saturated carbocycles. The molecule has 0 aromatic heterocycles. The Balaban J connectivity index is 1.68. The third-order valence-corrected chi connectivity index (χ3v) is 4.08. The molecule has 1 aromatic rings. The molecule has 0 aliphatic carbocycles. The average molecular weight is 237 g/mol. The van der Waals surface area contributed by atoms with Crippen LogP contribution >= 0.6 is 11.6 Å². The summed E-state index contributed by atoms with van der Waals surface area (Å²) < 4.78 is 0. The van der Waals surface area contributed by atoms with E-state index in [-0.39, 0.29) is 0 Å². The van der Waals surface area contributed by atoms with Crippen molar-refractivity contribution in [2.45, 2.75) is 18.9 Å². The van der Waals surface area contributed by atoms with E-state index < -0.39 is 0 Å². The zero-order valence-corrected chi connectivity index (χ0v) is 10.1. The molecule has 2 nitrogen and oxygen atoms in total. The van der Waals surface area contributed by atoms with Gasteiger partial charge in [0.1, 0.15) is 0 Å². The quantitative estimate of drug-likeness (QED) is 0.850. The van der Waals surface area contributed by atoms with Crippen LogP contribution in [0.15, 0.2) is 24.3 Å². The van der Waals surface area contributed by atoms with Crippen molar-refractivity contribution in [1.82, 2.24) is 4.90 Å². The molecule has 2 heterocycles. The normalized spacial score (nSPS) is 32.7. The molecular formula is C13H17ClN2. The van der Waals surface area contributed by atoms with Crippen LogP contribution in [0.5, 0.6) is 0 Å². The average Bonchev–Trinajstić information content (AvgIpc) is 2.69. The van der Waals surface area contributed by atoms with Crippen molar-refractivity contribution in [2.75, 3.05) is 25.0 Å². The number of rotatable bonds is 2. The summed E-state index contributed by atoms with van der Waals surface area (Å²) in [5.41, 5.74) is 1.20. The number of hydrogen-bond donors (Lipinski definition) is 1. The molecule has 2 fully saturated rings. The van der Waals surface area contributed by atoms with Gasteiger partial charge in [-0.05, 0) is 49.6 Å². The fourth-order valence-corrected chi connectivity index (χ4v) is 3.03. The fraction of sp³-hybridized carbons (Fsp3) is 0.538. The van der Waals surface area contributed by atoms with E-state index in [9.17, 15) is 0 Å². The molecule has 0 amide bonds. The smallest absolute Gasteiger partial charge is 0.0407 e. The van der Waals surface area contributed by atoms with Crippen molar-refractivity contribution in [3.63, 3.8) is 0 Å². The second-order valence-corrected chi connectivity index (χ2v) is 5.33. The number of benzene rings is 1. The Morgan fingerprint density at radius 1 is 1.12 bits per heavy atom. The van der Waals surface area contributed by atoms with Gasteiger partial charge in [0.15, 0.2) is 0 Å². The van der Waals surface area contributed by atoms with Crippen LogP contribution in [0, 0.1) is 5.92 Å². The molecule has 0 radical (unpaired) electrons. The number of piperidine rings is 1. The van der Waals surface area contributed by atoms with E-state index in [1.165, 1.54) is 38.2 Å². The van der Waals surface area contributed by atoms with Gasteiger partial charge >= 0.3 is 0 Å². The molecule has 3 unspecified atom stereocenters. The Labute approximate surface area is 102 Å². The van der Waals surface area contributed by atoms with Crippen molar-refractivity contribution in [1.29, 1.82) is 0 Å². The van der Waals surface area contributed by atoms with E-state index in [0.717, 1.165) is 10.9 Å². The summed E-state index contributed by atoms with van der Waals surface area (Å²) in [6, 6.07) is 8.70. The number of nitrogens with zero attached hydrogens (tertiary/aromatic N) is 1. The van der Waals surface area contributed by atoms with Gasteiger partial charge in [-0.15, -0.1) is 0 Å². The van der Waals surface area contributed by atoms with Crippen molar-refractivity contribution < 1.29 is 0 Å². The number of halogens is 1. The van der Waals surface area contributed by atoms with Gasteiger partial charge in [0.25, 0.3) is 0 Å². The molecule has 16 heavy (non-hydrogen) atoms. The second kappa shape index (κ2) is 4.27. The third-order valence-electron chi connectivity index (χ3n) is 3.83. The van der Waals surface area contributed by atoms with Crippen LogP contribution in [0.25, 0.3) is 0 Å². The standard InChI is InChI=1S/C13H17ClN2/c14-11-1-3-12(4-2-11)15-13-6-8-16-7-5-10(13)9-16/h1-4,10,13,15H,5-9H2. The van der Waals surface area contributed by atoms with Crippen LogP contribution in [-0.4, -0.2) is 30.6 Å². The van der Waals surface area contributed by atoms with Gasteiger partial charge in [-0.25, -0.2) is 0 Å². The lowest BCUT2D eigenvalue weighted by Crippen LogP contribution is -2.39. The van der Waals surface area contributed by atoms with Gasteiger partial charge in [-0.3, -0.25) is 0 Å². The predicted octanol–water partition coefficient (Wildman–Crippen LogP) is 2.85. The molecule has 1 N–H and O–H groups in total. The van der Waals surface area contributed by atoms with Gasteiger partial charge in [0, 0.05) is 29.8 Å². The van der Waals surface area contributed by atoms with Crippen LogP contribution in [-0.2, 0) is 0 Å². The Kier molecular flexibility index (Phi) is 2.78. The van der Waals surface area contributed by atoms with E-state index in [0.29, 0.717) is 6.04 Å². The van der Waals surface area contributed by atoms with Crippen LogP contribution in [0.2, 0.25) is 5.02 Å². The first-order chi connectivity index (χ1) is 7.81. The first kappa shape index (κ1) is 10.4. The molecule has 2 saturated heterocycles. The van der Waals surface area contributed by atoms with E-state index in [1.807, 2.05) is 12.1 Å². The summed E-state index contributed by atoms with van der Waals surface area (Å²) in [6.45, 7) is 3.83. The Hall–Kier alpha value is -0.730. The maximum absolute atomic E-state index is 5.88. The summed E-state index contributed by atoms with van der Waals surface area (Å²) in [7, 11) is 0. The van der Waals surface area contributed by atoms with Gasteiger partial charge in [0.05, 0.1) is 0 Å². The van der Waals surface area contributed by atoms with Gasteiger partial charge in [-0.2, -0.15) is 0 Å². The molecule has 0 spiro atoms. The van der Waals surface area contributed by atoms with Crippen LogP contribution in [0.4, 0.5) is 5.69 Å². The number of anilines is 1. The highest BCUT2D eigenvalue weighted by Crippen LogP contribution is 2.29. The summed E-state index contributed by atoms with van der Waals surface area (Å²) in [4.78, 5) is 2.57. The maximum atomic E-state index is 5.88. The van der Waals surface area contributed by atoms with Crippen LogP contribution in [0.1, 0.15) is 12.8 Å². The summed E-state index contributed by atoms with van der Waals surface area (Å²) >= 11 is 5.88. The lowest BCUT2D eigenvalue weighted by molar-refractivity contribution is 0.255. The molecule has 2 bridgehead atoms. The number of fused-ring (bicyclic) bond motifs is 2. The summed E-state index contributed by atoms with van der Waals surface area (Å²) in [5, 5.41) is 4.46. The molecule has 2 aliphatic rings. The highest BCUT2D eigenvalue weighted by Gasteiger charge is 2.33. The molecule has 2 aliphatic heterocycles. The van der Waals surface area contributed by atoms with Gasteiger partial charge in [0.2, 0.25) is 0 Å². The predicted molar refractivity (Wildman–Crippen MR) is 68.0 cm³/mol. The van der Waals surface area contributed by atoms with Crippen molar-refractivity contribution in [3.8, 4) is 0 Å².